The number of hydrogen-bond acceptors (Lipinski definition) is 4. The molecular formula is C13H15NOS2Si. The fourth-order valence-electron chi connectivity index (χ4n) is 1.77. The molecule has 2 aromatic heterocycles. The summed E-state index contributed by atoms with van der Waals surface area (Å²) < 4.78 is 6.26. The first-order chi connectivity index (χ1) is 8.48. The molecule has 2 nitrogen and oxygen atoms in total. The number of rotatable bonds is 4. The van der Waals surface area contributed by atoms with Crippen LogP contribution >= 0.6 is 22.7 Å². The van der Waals surface area contributed by atoms with Crippen molar-refractivity contribution in [3.8, 4) is 6.07 Å². The van der Waals surface area contributed by atoms with Gasteiger partial charge in [-0.1, -0.05) is 12.1 Å². The highest BCUT2D eigenvalue weighted by molar-refractivity contribution is 7.11. The Bertz CT molecular complexity index is 500. The molecule has 0 unspecified atom stereocenters. The lowest BCUT2D eigenvalue weighted by atomic mass is 10.0. The van der Waals surface area contributed by atoms with E-state index < -0.39 is 13.9 Å². The predicted molar refractivity (Wildman–Crippen MR) is 79.5 cm³/mol. The van der Waals surface area contributed by atoms with Crippen molar-refractivity contribution in [2.45, 2.75) is 25.2 Å². The summed E-state index contributed by atoms with van der Waals surface area (Å²) in [5, 5.41) is 13.7. The maximum Gasteiger partial charge on any atom is 0.214 e. The molecule has 0 aliphatic rings. The highest BCUT2D eigenvalue weighted by Crippen LogP contribution is 2.40. The second kappa shape index (κ2) is 4.98. The predicted octanol–water partition coefficient (Wildman–Crippen LogP) is 4.43. The molecule has 0 fully saturated rings. The molecule has 2 rings (SSSR count). The summed E-state index contributed by atoms with van der Waals surface area (Å²) in [6, 6.07) is 10.3. The van der Waals surface area contributed by atoms with Gasteiger partial charge < -0.3 is 4.43 Å². The van der Waals surface area contributed by atoms with Crippen LogP contribution in [0.1, 0.15) is 9.75 Å². The first-order valence-corrected chi connectivity index (χ1v) is 10.8. The minimum absolute atomic E-state index is 0.924. The van der Waals surface area contributed by atoms with Crippen LogP contribution in [0.4, 0.5) is 0 Å². The van der Waals surface area contributed by atoms with E-state index in [1.807, 2.05) is 35.0 Å². The first-order valence-electron chi connectivity index (χ1n) is 5.67. The molecule has 2 aromatic rings. The van der Waals surface area contributed by atoms with Gasteiger partial charge in [-0.15, -0.1) is 22.7 Å². The maximum atomic E-state index is 9.74. The van der Waals surface area contributed by atoms with E-state index in [4.69, 9.17) is 4.43 Å². The molecular weight excluding hydrogens is 278 g/mol. The SMILES string of the molecule is C[Si](C)(C)OC(C#N)(c1cccs1)c1cccs1. The topological polar surface area (TPSA) is 33.0 Å². The Hall–Kier alpha value is -0.933. The molecule has 0 aliphatic heterocycles. The summed E-state index contributed by atoms with van der Waals surface area (Å²) in [6.07, 6.45) is 0. The van der Waals surface area contributed by atoms with Crippen LogP contribution < -0.4 is 0 Å². The fraction of sp³-hybridized carbons (Fsp3) is 0.308. The van der Waals surface area contributed by atoms with Gasteiger partial charge in [0, 0.05) is 0 Å². The van der Waals surface area contributed by atoms with Crippen molar-refractivity contribution in [2.24, 2.45) is 0 Å². The van der Waals surface area contributed by atoms with Crippen LogP contribution in [0, 0.1) is 11.3 Å². The highest BCUT2D eigenvalue weighted by Gasteiger charge is 2.41. The average Bonchev–Trinajstić information content (AvgIpc) is 2.97. The third-order valence-electron chi connectivity index (χ3n) is 2.35. The van der Waals surface area contributed by atoms with Gasteiger partial charge in [0.15, 0.2) is 8.32 Å². The Balaban J connectivity index is 2.55. The third-order valence-corrected chi connectivity index (χ3v) is 5.21. The van der Waals surface area contributed by atoms with E-state index in [-0.39, 0.29) is 0 Å². The van der Waals surface area contributed by atoms with Crippen LogP contribution in [0.25, 0.3) is 0 Å². The Labute approximate surface area is 117 Å². The lowest BCUT2D eigenvalue weighted by Gasteiger charge is -2.32. The van der Waals surface area contributed by atoms with Crippen LogP contribution in [0.5, 0.6) is 0 Å². The second-order valence-corrected chi connectivity index (χ2v) is 11.3. The van der Waals surface area contributed by atoms with Crippen molar-refractivity contribution in [1.82, 2.24) is 0 Å². The van der Waals surface area contributed by atoms with E-state index in [1.54, 1.807) is 22.7 Å². The van der Waals surface area contributed by atoms with E-state index >= 15 is 0 Å². The molecule has 0 radical (unpaired) electrons. The lowest BCUT2D eigenvalue weighted by Crippen LogP contribution is -2.39. The van der Waals surface area contributed by atoms with Gasteiger partial charge >= 0.3 is 0 Å². The van der Waals surface area contributed by atoms with E-state index in [2.05, 4.69) is 25.7 Å². The van der Waals surface area contributed by atoms with Gasteiger partial charge in [-0.25, -0.2) is 0 Å². The summed E-state index contributed by atoms with van der Waals surface area (Å²) in [5.41, 5.74) is -0.924. The quantitative estimate of drug-likeness (QED) is 0.781. The fourth-order valence-corrected chi connectivity index (χ4v) is 4.82. The van der Waals surface area contributed by atoms with Gasteiger partial charge in [0.1, 0.15) is 6.07 Å². The molecule has 0 spiro atoms. The van der Waals surface area contributed by atoms with Crippen molar-refractivity contribution in [3.63, 3.8) is 0 Å². The molecule has 0 saturated heterocycles. The molecule has 0 atom stereocenters. The summed E-state index contributed by atoms with van der Waals surface area (Å²) in [4.78, 5) is 1.93. The molecule has 0 bridgehead atoms. The summed E-state index contributed by atoms with van der Waals surface area (Å²) >= 11 is 3.15. The Morgan fingerprint density at radius 1 is 1.11 bits per heavy atom. The molecule has 94 valence electrons. The maximum absolute atomic E-state index is 9.74. The summed E-state index contributed by atoms with van der Waals surface area (Å²) in [6.45, 7) is 6.33. The second-order valence-electron chi connectivity index (χ2n) is 4.96. The molecule has 0 aliphatic carbocycles. The molecule has 0 saturated carbocycles. The Morgan fingerprint density at radius 2 is 1.61 bits per heavy atom. The minimum Gasteiger partial charge on any atom is -0.392 e. The normalized spacial score (nSPS) is 12.3. The lowest BCUT2D eigenvalue weighted by molar-refractivity contribution is 0.172. The third kappa shape index (κ3) is 2.57. The summed E-state index contributed by atoms with van der Waals surface area (Å²) in [7, 11) is -1.84. The minimum atomic E-state index is -1.84. The standard InChI is InChI=1S/C13H15NOS2Si/c1-18(2,3)15-13(10-14,11-6-4-8-16-11)12-7-5-9-17-12/h4-9H,1-3H3. The Morgan fingerprint density at radius 3 is 1.89 bits per heavy atom. The molecule has 0 amide bonds. The zero-order chi connectivity index (χ0) is 13.2. The summed E-state index contributed by atoms with van der Waals surface area (Å²) in [5.74, 6) is 0. The van der Waals surface area contributed by atoms with E-state index in [0.29, 0.717) is 0 Å². The highest BCUT2D eigenvalue weighted by atomic mass is 32.1. The zero-order valence-electron chi connectivity index (χ0n) is 10.6. The first kappa shape index (κ1) is 13.5. The average molecular weight is 293 g/mol. The van der Waals surface area contributed by atoms with Gasteiger partial charge in [0.2, 0.25) is 5.60 Å². The van der Waals surface area contributed by atoms with Gasteiger partial charge in [-0.3, -0.25) is 0 Å². The smallest absolute Gasteiger partial charge is 0.214 e. The van der Waals surface area contributed by atoms with E-state index in [1.165, 1.54) is 0 Å². The van der Waals surface area contributed by atoms with Crippen LogP contribution in [0.2, 0.25) is 19.6 Å². The van der Waals surface area contributed by atoms with Crippen molar-refractivity contribution >= 4 is 31.0 Å². The Kier molecular flexibility index (Phi) is 3.73. The van der Waals surface area contributed by atoms with Gasteiger partial charge in [0.25, 0.3) is 0 Å². The van der Waals surface area contributed by atoms with Crippen LogP contribution in [0.3, 0.4) is 0 Å². The molecule has 5 heteroatoms. The van der Waals surface area contributed by atoms with Crippen LogP contribution in [-0.4, -0.2) is 8.32 Å². The number of thiophene rings is 2. The van der Waals surface area contributed by atoms with E-state index in [9.17, 15) is 5.26 Å². The van der Waals surface area contributed by atoms with Crippen molar-refractivity contribution in [2.75, 3.05) is 0 Å². The van der Waals surface area contributed by atoms with Gasteiger partial charge in [-0.2, -0.15) is 5.26 Å². The van der Waals surface area contributed by atoms with Crippen LogP contribution in [0.15, 0.2) is 35.0 Å². The molecule has 18 heavy (non-hydrogen) atoms. The van der Waals surface area contributed by atoms with Crippen LogP contribution in [-0.2, 0) is 10.0 Å². The number of hydrogen-bond donors (Lipinski definition) is 0. The molecule has 0 N–H and O–H groups in total. The van der Waals surface area contributed by atoms with Crippen molar-refractivity contribution in [1.29, 1.82) is 5.26 Å². The molecule has 2 heterocycles. The number of nitrogens with zero attached hydrogens (tertiary/aromatic N) is 1. The van der Waals surface area contributed by atoms with E-state index in [0.717, 1.165) is 9.75 Å². The van der Waals surface area contributed by atoms with Crippen molar-refractivity contribution in [3.05, 3.63) is 44.8 Å². The number of nitriles is 1. The zero-order valence-corrected chi connectivity index (χ0v) is 13.3. The molecule has 0 aromatic carbocycles. The van der Waals surface area contributed by atoms with Crippen molar-refractivity contribution < 1.29 is 4.43 Å². The monoisotopic (exact) mass is 293 g/mol. The van der Waals surface area contributed by atoms with Gasteiger partial charge in [-0.05, 0) is 42.5 Å². The van der Waals surface area contributed by atoms with Gasteiger partial charge in [0.05, 0.1) is 9.75 Å². The largest absolute Gasteiger partial charge is 0.392 e.